The number of carbonyl (C=O) groups is 1. The van der Waals surface area contributed by atoms with Gasteiger partial charge in [0.1, 0.15) is 17.2 Å². The number of nitrogens with two attached hydrogens (primary N) is 1. The Hall–Kier alpha value is -1.69. The molecule has 1 amide bonds. The van der Waals surface area contributed by atoms with Crippen LogP contribution in [0, 0.1) is 5.92 Å². The molecular weight excluding hydrogens is 350 g/mol. The molecule has 0 aromatic carbocycles. The van der Waals surface area contributed by atoms with Crippen molar-refractivity contribution in [2.45, 2.75) is 70.1 Å². The Kier molecular flexibility index (Phi) is 6.45. The molecule has 1 aromatic rings. The minimum absolute atomic E-state index is 0.0102. The summed E-state index contributed by atoms with van der Waals surface area (Å²) in [5, 5.41) is 0. The number of amides is 1. The lowest BCUT2D eigenvalue weighted by atomic mass is 9.96. The maximum absolute atomic E-state index is 13.1. The molecule has 3 aliphatic rings. The molecule has 1 unspecified atom stereocenters. The molecule has 1 saturated carbocycles. The summed E-state index contributed by atoms with van der Waals surface area (Å²) in [6.45, 7) is 5.20. The van der Waals surface area contributed by atoms with Crippen LogP contribution in [0.4, 0.5) is 5.82 Å². The number of nitrogen functional groups attached to an aromatic ring is 1. The maximum atomic E-state index is 13.1. The molecule has 2 saturated heterocycles. The van der Waals surface area contributed by atoms with Gasteiger partial charge in [-0.3, -0.25) is 4.79 Å². The summed E-state index contributed by atoms with van der Waals surface area (Å²) < 4.78 is 0. The predicted octanol–water partition coefficient (Wildman–Crippen LogP) is 3.44. The first kappa shape index (κ1) is 19.6. The van der Waals surface area contributed by atoms with Crippen LogP contribution in [-0.2, 0) is 0 Å². The Labute approximate surface area is 168 Å². The van der Waals surface area contributed by atoms with Crippen LogP contribution in [0.3, 0.4) is 0 Å². The summed E-state index contributed by atoms with van der Waals surface area (Å²) in [7, 11) is 0. The Balaban J connectivity index is 1.38. The SMILES string of the molecule is Nc1nc(C2CCCC2)ncc1C(=O)N1CCCC(CN2CCCCCC2)C1. The van der Waals surface area contributed by atoms with Crippen molar-refractivity contribution in [3.05, 3.63) is 17.6 Å². The van der Waals surface area contributed by atoms with Crippen LogP contribution in [0.15, 0.2) is 6.20 Å². The lowest BCUT2D eigenvalue weighted by molar-refractivity contribution is 0.0641. The number of piperidine rings is 1. The van der Waals surface area contributed by atoms with Gasteiger partial charge < -0.3 is 15.5 Å². The normalized spacial score (nSPS) is 25.0. The highest BCUT2D eigenvalue weighted by Crippen LogP contribution is 2.32. The summed E-state index contributed by atoms with van der Waals surface area (Å²) in [6.07, 6.45) is 14.1. The smallest absolute Gasteiger partial charge is 0.259 e. The van der Waals surface area contributed by atoms with Crippen LogP contribution >= 0.6 is 0 Å². The fourth-order valence-electron chi connectivity index (χ4n) is 5.21. The average Bonchev–Trinajstić information content (AvgIpc) is 3.13. The summed E-state index contributed by atoms with van der Waals surface area (Å²) in [5.41, 5.74) is 6.67. The third-order valence-corrected chi connectivity index (χ3v) is 6.81. The van der Waals surface area contributed by atoms with Gasteiger partial charge in [-0.25, -0.2) is 9.97 Å². The van der Waals surface area contributed by atoms with Gasteiger partial charge in [0.05, 0.1) is 0 Å². The van der Waals surface area contributed by atoms with E-state index in [-0.39, 0.29) is 5.91 Å². The molecule has 0 bridgehead atoms. The van der Waals surface area contributed by atoms with E-state index < -0.39 is 0 Å². The standard InChI is InChI=1S/C22H35N5O/c23-20-19(14-24-21(25-20)18-9-3-4-10-18)22(28)27-13-7-8-17(16-27)15-26-11-5-1-2-6-12-26/h14,17-18H,1-13,15-16H2,(H2,23,24,25). The van der Waals surface area contributed by atoms with Crippen LogP contribution in [-0.4, -0.2) is 58.4 Å². The number of rotatable bonds is 4. The van der Waals surface area contributed by atoms with E-state index in [0.717, 1.165) is 44.7 Å². The molecule has 6 nitrogen and oxygen atoms in total. The third-order valence-electron chi connectivity index (χ3n) is 6.81. The van der Waals surface area contributed by atoms with Crippen LogP contribution < -0.4 is 5.73 Å². The quantitative estimate of drug-likeness (QED) is 0.859. The molecule has 1 aliphatic carbocycles. The Morgan fingerprint density at radius 3 is 2.46 bits per heavy atom. The van der Waals surface area contributed by atoms with E-state index in [1.54, 1.807) is 6.20 Å². The lowest BCUT2D eigenvalue weighted by Gasteiger charge is -2.35. The van der Waals surface area contributed by atoms with Crippen molar-refractivity contribution in [2.75, 3.05) is 38.5 Å². The Bertz CT molecular complexity index is 665. The molecule has 1 atom stereocenters. The molecule has 2 N–H and O–H groups in total. The van der Waals surface area contributed by atoms with Crippen LogP contribution in [0.25, 0.3) is 0 Å². The number of hydrogen-bond donors (Lipinski definition) is 1. The van der Waals surface area contributed by atoms with Crippen molar-refractivity contribution in [3.63, 3.8) is 0 Å². The summed E-state index contributed by atoms with van der Waals surface area (Å²) in [5.74, 6) is 2.17. The topological polar surface area (TPSA) is 75.3 Å². The summed E-state index contributed by atoms with van der Waals surface area (Å²) in [4.78, 5) is 26.7. The van der Waals surface area contributed by atoms with Gasteiger partial charge in [0.2, 0.25) is 0 Å². The molecule has 4 rings (SSSR count). The zero-order chi connectivity index (χ0) is 19.3. The molecule has 0 spiro atoms. The molecule has 1 aromatic heterocycles. The van der Waals surface area contributed by atoms with E-state index in [9.17, 15) is 4.79 Å². The highest BCUT2D eigenvalue weighted by molar-refractivity contribution is 5.98. The van der Waals surface area contributed by atoms with Crippen molar-refractivity contribution >= 4 is 11.7 Å². The van der Waals surface area contributed by atoms with E-state index in [0.29, 0.717) is 23.2 Å². The highest BCUT2D eigenvalue weighted by atomic mass is 16.2. The molecule has 2 aliphatic heterocycles. The van der Waals surface area contributed by atoms with Gasteiger partial charge >= 0.3 is 0 Å². The van der Waals surface area contributed by atoms with Crippen LogP contribution in [0.5, 0.6) is 0 Å². The number of aromatic nitrogens is 2. The predicted molar refractivity (Wildman–Crippen MR) is 111 cm³/mol. The highest BCUT2D eigenvalue weighted by Gasteiger charge is 2.28. The molecule has 3 heterocycles. The van der Waals surface area contributed by atoms with E-state index in [1.165, 1.54) is 58.0 Å². The van der Waals surface area contributed by atoms with Crippen LogP contribution in [0.2, 0.25) is 0 Å². The monoisotopic (exact) mass is 385 g/mol. The zero-order valence-corrected chi connectivity index (χ0v) is 17.1. The fraction of sp³-hybridized carbons (Fsp3) is 0.773. The van der Waals surface area contributed by atoms with Gasteiger partial charge in [-0.1, -0.05) is 25.7 Å². The van der Waals surface area contributed by atoms with E-state index in [1.807, 2.05) is 4.90 Å². The van der Waals surface area contributed by atoms with Gasteiger partial charge in [-0.15, -0.1) is 0 Å². The third kappa shape index (κ3) is 4.65. The number of nitrogens with zero attached hydrogens (tertiary/aromatic N) is 4. The first-order valence-electron chi connectivity index (χ1n) is 11.3. The molecule has 6 heteroatoms. The van der Waals surface area contributed by atoms with Crippen molar-refractivity contribution in [3.8, 4) is 0 Å². The van der Waals surface area contributed by atoms with Gasteiger partial charge in [0.25, 0.3) is 5.91 Å². The zero-order valence-electron chi connectivity index (χ0n) is 17.1. The van der Waals surface area contributed by atoms with Crippen molar-refractivity contribution in [1.29, 1.82) is 0 Å². The second-order valence-electron chi connectivity index (χ2n) is 8.98. The van der Waals surface area contributed by atoms with Gasteiger partial charge in [-0.2, -0.15) is 0 Å². The van der Waals surface area contributed by atoms with Crippen LogP contribution in [0.1, 0.15) is 86.3 Å². The fourth-order valence-corrected chi connectivity index (χ4v) is 5.21. The number of carbonyl (C=O) groups excluding carboxylic acids is 1. The first-order chi connectivity index (χ1) is 13.7. The summed E-state index contributed by atoms with van der Waals surface area (Å²) >= 11 is 0. The van der Waals surface area contributed by atoms with Crippen molar-refractivity contribution < 1.29 is 4.79 Å². The number of likely N-dealkylation sites (tertiary alicyclic amines) is 2. The molecule has 0 radical (unpaired) electrons. The molecule has 3 fully saturated rings. The van der Waals surface area contributed by atoms with Crippen molar-refractivity contribution in [2.24, 2.45) is 5.92 Å². The minimum Gasteiger partial charge on any atom is -0.383 e. The van der Waals surface area contributed by atoms with Gasteiger partial charge in [0, 0.05) is 31.7 Å². The van der Waals surface area contributed by atoms with E-state index >= 15 is 0 Å². The lowest BCUT2D eigenvalue weighted by Crippen LogP contribution is -2.44. The largest absolute Gasteiger partial charge is 0.383 e. The number of hydrogen-bond acceptors (Lipinski definition) is 5. The van der Waals surface area contributed by atoms with Crippen molar-refractivity contribution in [1.82, 2.24) is 19.8 Å². The molecule has 28 heavy (non-hydrogen) atoms. The molecule has 154 valence electrons. The average molecular weight is 386 g/mol. The first-order valence-corrected chi connectivity index (χ1v) is 11.3. The van der Waals surface area contributed by atoms with Gasteiger partial charge in [0.15, 0.2) is 0 Å². The van der Waals surface area contributed by atoms with E-state index in [2.05, 4.69) is 14.9 Å². The maximum Gasteiger partial charge on any atom is 0.259 e. The molecular formula is C22H35N5O. The van der Waals surface area contributed by atoms with Gasteiger partial charge in [-0.05, 0) is 57.5 Å². The Morgan fingerprint density at radius 1 is 1.00 bits per heavy atom. The minimum atomic E-state index is 0.0102. The second kappa shape index (κ2) is 9.21. The second-order valence-corrected chi connectivity index (χ2v) is 8.98. The van der Waals surface area contributed by atoms with E-state index in [4.69, 9.17) is 5.73 Å². The Morgan fingerprint density at radius 2 is 1.75 bits per heavy atom. The summed E-state index contributed by atoms with van der Waals surface area (Å²) in [6, 6.07) is 0. The number of anilines is 1.